The van der Waals surface area contributed by atoms with E-state index in [1.165, 1.54) is 5.56 Å². The van der Waals surface area contributed by atoms with Gasteiger partial charge in [-0.25, -0.2) is 14.0 Å². The van der Waals surface area contributed by atoms with E-state index in [2.05, 4.69) is 40.4 Å². The van der Waals surface area contributed by atoms with Crippen LogP contribution in [0.4, 0.5) is 4.39 Å². The van der Waals surface area contributed by atoms with Gasteiger partial charge in [-0.1, -0.05) is 18.1 Å². The molecule has 8 aromatic rings. The quantitative estimate of drug-likeness (QED) is 0.202. The molecule has 1 N–H and O–H groups in total. The number of benzene rings is 3. The molecule has 0 unspecified atom stereocenters. The molecule has 11 rings (SSSR count). The predicted molar refractivity (Wildman–Crippen MR) is 224 cm³/mol. The van der Waals surface area contributed by atoms with Crippen molar-refractivity contribution in [2.45, 2.75) is 64.6 Å². The first-order valence-electron chi connectivity index (χ1n) is 20.7. The summed E-state index contributed by atoms with van der Waals surface area (Å²) in [6.45, 7) is 7.76. The van der Waals surface area contributed by atoms with Crippen molar-refractivity contribution >= 4 is 27.7 Å². The number of carbonyl (C=O) groups is 1. The summed E-state index contributed by atoms with van der Waals surface area (Å²) in [6.07, 6.45) is 7.69. The standard InChI is InChI=1S/C45H43FN10O5/c1-25-17-31(18-26(2)38(25)46)39-40(54-13-12-53(44(54)59)33-6-8-34-32(20-33)23-47-51(34)4)37-24-52(11-14-55(37)49-39)41(57)36-21-30-19-29(28-9-15-60-16-10-28)5-7-35(30)56(36)45(22-27(45)3)42-48-43(58)61-50-42/h5-8,12-13,17-21,23,27-28H,9-11,14-16,22,24H2,1-4H3,(H,48,50,58)/t27-,45-/m0/s1. The SMILES string of the molecule is Cc1cc(-c2nn3c(c2-n2ccn(-c4ccc5c(cnn5C)c4)c2=O)CN(C(=O)c2cc4cc(C5CCOCC5)ccc4n2[C@@]2(c4noc(=O)[nH]4)C[C@@H]2C)CC3)cc(C)c1F. The van der Waals surface area contributed by atoms with Gasteiger partial charge in [0.05, 0.1) is 36.2 Å². The monoisotopic (exact) mass is 822 g/mol. The number of nitrogens with zero attached hydrogens (tertiary/aromatic N) is 9. The fourth-order valence-electron chi connectivity index (χ4n) is 9.89. The first kappa shape index (κ1) is 37.2. The Bertz CT molecular complexity index is 3180. The predicted octanol–water partition coefficient (Wildman–Crippen LogP) is 6.10. The third-order valence-corrected chi connectivity index (χ3v) is 13.2. The molecule has 1 aliphatic carbocycles. The molecule has 2 aliphatic heterocycles. The van der Waals surface area contributed by atoms with Crippen LogP contribution in [0.25, 0.3) is 44.4 Å². The number of hydrogen-bond donors (Lipinski definition) is 1. The van der Waals surface area contributed by atoms with Crippen molar-refractivity contribution in [2.75, 3.05) is 19.8 Å². The lowest BCUT2D eigenvalue weighted by Gasteiger charge is -2.30. The van der Waals surface area contributed by atoms with Gasteiger partial charge in [-0.05, 0) is 110 Å². The molecule has 15 nitrogen and oxygen atoms in total. The van der Waals surface area contributed by atoms with E-state index in [0.717, 1.165) is 34.6 Å². The van der Waals surface area contributed by atoms with Crippen LogP contribution in [0.5, 0.6) is 0 Å². The number of amides is 1. The first-order valence-corrected chi connectivity index (χ1v) is 20.7. The molecular formula is C45H43FN10O5. The average Bonchev–Trinajstić information content (AvgIpc) is 3.89. The molecule has 7 heterocycles. The molecule has 1 amide bonds. The van der Waals surface area contributed by atoms with Crippen molar-refractivity contribution in [1.29, 1.82) is 0 Å². The van der Waals surface area contributed by atoms with E-state index in [1.54, 1.807) is 63.3 Å². The lowest BCUT2D eigenvalue weighted by atomic mass is 9.91. The second-order valence-corrected chi connectivity index (χ2v) is 16.9. The molecule has 5 aromatic heterocycles. The zero-order valence-electron chi connectivity index (χ0n) is 34.2. The number of H-pyrrole nitrogens is 1. The Balaban J connectivity index is 1.04. The van der Waals surface area contributed by atoms with E-state index in [9.17, 15) is 9.59 Å². The molecule has 3 aliphatic rings. The van der Waals surface area contributed by atoms with Crippen LogP contribution in [0, 0.1) is 25.6 Å². The molecule has 2 atom stereocenters. The Morgan fingerprint density at radius 1 is 0.934 bits per heavy atom. The molecule has 310 valence electrons. The van der Waals surface area contributed by atoms with E-state index < -0.39 is 11.3 Å². The van der Waals surface area contributed by atoms with Crippen LogP contribution >= 0.6 is 0 Å². The summed E-state index contributed by atoms with van der Waals surface area (Å²) < 4.78 is 34.5. The van der Waals surface area contributed by atoms with Crippen LogP contribution in [0.2, 0.25) is 0 Å². The lowest BCUT2D eigenvalue weighted by Crippen LogP contribution is -2.41. The maximum atomic E-state index is 15.2. The number of aromatic nitrogens is 9. The Kier molecular flexibility index (Phi) is 8.30. The topological polar surface area (TPSA) is 156 Å². The summed E-state index contributed by atoms with van der Waals surface area (Å²) in [5.74, 6) is -0.392. The van der Waals surface area contributed by atoms with Gasteiger partial charge in [0.15, 0.2) is 5.82 Å². The Labute approximate surface area is 347 Å². The second kappa shape index (κ2) is 13.6. The molecule has 16 heteroatoms. The third-order valence-electron chi connectivity index (χ3n) is 13.2. The van der Waals surface area contributed by atoms with Crippen molar-refractivity contribution in [3.63, 3.8) is 0 Å². The van der Waals surface area contributed by atoms with Gasteiger partial charge >= 0.3 is 11.4 Å². The third kappa shape index (κ3) is 5.71. The maximum Gasteiger partial charge on any atom is 0.438 e. The molecule has 1 saturated carbocycles. The van der Waals surface area contributed by atoms with Crippen molar-refractivity contribution < 1.29 is 18.4 Å². The number of hydrogen-bond acceptors (Lipinski definition) is 8. The molecule has 0 spiro atoms. The molecule has 1 saturated heterocycles. The zero-order chi connectivity index (χ0) is 41.9. The fourth-order valence-corrected chi connectivity index (χ4v) is 9.89. The van der Waals surface area contributed by atoms with Crippen LogP contribution in [0.15, 0.2) is 87.3 Å². The highest BCUT2D eigenvalue weighted by atomic mass is 19.1. The maximum absolute atomic E-state index is 15.2. The zero-order valence-corrected chi connectivity index (χ0v) is 34.2. The minimum Gasteiger partial charge on any atom is -0.381 e. The minimum absolute atomic E-state index is 0.0416. The largest absolute Gasteiger partial charge is 0.438 e. The number of aromatic amines is 1. The van der Waals surface area contributed by atoms with Crippen LogP contribution in [0.1, 0.15) is 70.8 Å². The number of aryl methyl sites for hydroxylation is 3. The second-order valence-electron chi connectivity index (χ2n) is 16.9. The lowest BCUT2D eigenvalue weighted by molar-refractivity contribution is 0.0692. The van der Waals surface area contributed by atoms with Crippen LogP contribution in [-0.2, 0) is 30.4 Å². The summed E-state index contributed by atoms with van der Waals surface area (Å²) in [5, 5.41) is 15.4. The smallest absolute Gasteiger partial charge is 0.381 e. The van der Waals surface area contributed by atoms with Crippen LogP contribution < -0.4 is 11.4 Å². The normalized spacial score (nSPS) is 19.3. The van der Waals surface area contributed by atoms with Gasteiger partial charge in [0.1, 0.15) is 28.4 Å². The summed E-state index contributed by atoms with van der Waals surface area (Å²) in [5.41, 5.74) is 6.26. The van der Waals surface area contributed by atoms with Gasteiger partial charge in [0.25, 0.3) is 5.91 Å². The highest BCUT2D eigenvalue weighted by Gasteiger charge is 2.59. The highest BCUT2D eigenvalue weighted by Crippen LogP contribution is 2.56. The average molecular weight is 823 g/mol. The van der Waals surface area contributed by atoms with Crippen molar-refractivity contribution in [2.24, 2.45) is 13.0 Å². The Morgan fingerprint density at radius 2 is 1.69 bits per heavy atom. The number of rotatable bonds is 7. The van der Waals surface area contributed by atoms with Gasteiger partial charge in [-0.15, -0.1) is 0 Å². The van der Waals surface area contributed by atoms with Gasteiger partial charge < -0.3 is 14.2 Å². The fraction of sp³-hybridized carbons (Fsp3) is 0.333. The van der Waals surface area contributed by atoms with E-state index in [0.29, 0.717) is 89.6 Å². The number of ether oxygens (including phenoxy) is 1. The molecule has 3 aromatic carbocycles. The summed E-state index contributed by atoms with van der Waals surface area (Å²) >= 11 is 0. The van der Waals surface area contributed by atoms with Crippen molar-refractivity contribution in [3.05, 3.63) is 134 Å². The molecule has 61 heavy (non-hydrogen) atoms. The molecular weight excluding hydrogens is 780 g/mol. The summed E-state index contributed by atoms with van der Waals surface area (Å²) in [6, 6.07) is 17.6. The van der Waals surface area contributed by atoms with Crippen molar-refractivity contribution in [1.82, 2.24) is 48.3 Å². The van der Waals surface area contributed by atoms with Crippen molar-refractivity contribution in [3.8, 4) is 22.6 Å². The number of halogens is 1. The highest BCUT2D eigenvalue weighted by molar-refractivity contribution is 5.99. The molecule has 2 fully saturated rings. The molecule has 0 radical (unpaired) electrons. The number of imidazole rings is 1. The Morgan fingerprint density at radius 3 is 2.43 bits per heavy atom. The van der Waals surface area contributed by atoms with E-state index in [-0.39, 0.29) is 29.9 Å². The minimum atomic E-state index is -0.803. The molecule has 0 bridgehead atoms. The number of fused-ring (bicyclic) bond motifs is 3. The first-order chi connectivity index (χ1) is 29.5. The summed E-state index contributed by atoms with van der Waals surface area (Å²) in [4.78, 5) is 46.7. The van der Waals surface area contributed by atoms with Crippen LogP contribution in [0.3, 0.4) is 0 Å². The number of nitrogens with one attached hydrogen (secondary N) is 1. The Hall–Kier alpha value is -6.81. The summed E-state index contributed by atoms with van der Waals surface area (Å²) in [7, 11) is 1.87. The number of carbonyl (C=O) groups excluding carboxylic acids is 1. The van der Waals surface area contributed by atoms with Gasteiger partial charge in [0, 0.05) is 61.1 Å². The van der Waals surface area contributed by atoms with Gasteiger partial charge in [0.2, 0.25) is 0 Å². The van der Waals surface area contributed by atoms with E-state index >= 15 is 9.18 Å². The van der Waals surface area contributed by atoms with E-state index in [4.69, 9.17) is 14.4 Å². The van der Waals surface area contributed by atoms with Gasteiger partial charge in [-0.2, -0.15) is 10.2 Å². The van der Waals surface area contributed by atoms with Gasteiger partial charge in [-0.3, -0.25) is 32.8 Å². The van der Waals surface area contributed by atoms with Crippen LogP contribution in [-0.4, -0.2) is 74.0 Å². The van der Waals surface area contributed by atoms with E-state index in [1.807, 2.05) is 40.6 Å².